The molecule has 0 saturated carbocycles. The number of rotatable bonds is 9. The van der Waals surface area contributed by atoms with Crippen molar-refractivity contribution in [2.24, 2.45) is 11.8 Å². The zero-order chi connectivity index (χ0) is 24.7. The van der Waals surface area contributed by atoms with Crippen LogP contribution in [0, 0.1) is 11.8 Å². The number of Topliss-reactive ketones (excluding diaryl/α,β-unsaturated/α-hetero) is 1. The molecule has 3 N–H and O–H groups in total. The molecular weight excluding hydrogens is 452 g/mol. The number of aliphatic carboxylic acids is 1. The quantitative estimate of drug-likeness (QED) is 0.264. The molecule has 1 aliphatic rings. The molecule has 0 aromatic heterocycles. The summed E-state index contributed by atoms with van der Waals surface area (Å²) in [5.41, 5.74) is 1.76. The summed E-state index contributed by atoms with van der Waals surface area (Å²) in [7, 11) is 0. The zero-order valence-corrected chi connectivity index (χ0v) is 19.9. The molecule has 3 rings (SSSR count). The fraction of sp³-hybridized carbons (Fsp3) is 0.308. The molecule has 8 heteroatoms. The van der Waals surface area contributed by atoms with Gasteiger partial charge in [-0.2, -0.15) is 0 Å². The molecule has 0 fully saturated rings. The second-order valence-electron chi connectivity index (χ2n) is 8.15. The number of nitrogens with one attached hydrogen (secondary N) is 2. The fourth-order valence-electron chi connectivity index (χ4n) is 3.76. The van der Waals surface area contributed by atoms with Gasteiger partial charge in [0.25, 0.3) is 0 Å². The number of carbonyl (C=O) groups is 4. The first kappa shape index (κ1) is 25.2. The molecule has 3 atom stereocenters. The molecule has 2 aromatic rings. The van der Waals surface area contributed by atoms with Gasteiger partial charge in [-0.1, -0.05) is 25.1 Å². The van der Waals surface area contributed by atoms with E-state index in [9.17, 15) is 24.3 Å². The van der Waals surface area contributed by atoms with Crippen molar-refractivity contribution in [1.29, 1.82) is 0 Å². The lowest BCUT2D eigenvalue weighted by Gasteiger charge is -2.24. The van der Waals surface area contributed by atoms with Crippen LogP contribution in [0.3, 0.4) is 0 Å². The van der Waals surface area contributed by atoms with Gasteiger partial charge in [0.05, 0.1) is 17.1 Å². The number of benzene rings is 2. The van der Waals surface area contributed by atoms with Crippen LogP contribution in [0.4, 0.5) is 11.4 Å². The van der Waals surface area contributed by atoms with Crippen LogP contribution in [0.2, 0.25) is 0 Å². The highest BCUT2D eigenvalue weighted by Gasteiger charge is 2.34. The lowest BCUT2D eigenvalue weighted by molar-refractivity contribution is -0.146. The van der Waals surface area contributed by atoms with Crippen LogP contribution < -0.4 is 10.6 Å². The van der Waals surface area contributed by atoms with E-state index in [1.165, 1.54) is 18.7 Å². The van der Waals surface area contributed by atoms with Crippen molar-refractivity contribution in [3.63, 3.8) is 0 Å². The van der Waals surface area contributed by atoms with Crippen molar-refractivity contribution >= 4 is 46.7 Å². The largest absolute Gasteiger partial charge is 0.481 e. The van der Waals surface area contributed by atoms with Crippen molar-refractivity contribution in [3.8, 4) is 0 Å². The summed E-state index contributed by atoms with van der Waals surface area (Å²) in [6.45, 7) is 3.41. The third-order valence-electron chi connectivity index (χ3n) is 5.69. The summed E-state index contributed by atoms with van der Waals surface area (Å²) in [5.74, 6) is -2.84. The molecule has 0 bridgehead atoms. The molecule has 3 unspecified atom stereocenters. The molecule has 0 radical (unpaired) electrons. The van der Waals surface area contributed by atoms with Gasteiger partial charge in [0, 0.05) is 21.8 Å². The van der Waals surface area contributed by atoms with Crippen molar-refractivity contribution in [3.05, 3.63) is 66.2 Å². The van der Waals surface area contributed by atoms with Crippen LogP contribution in [0.15, 0.2) is 65.6 Å². The van der Waals surface area contributed by atoms with Crippen molar-refractivity contribution < 1.29 is 24.3 Å². The number of carbonyl (C=O) groups excluding carboxylic acids is 3. The van der Waals surface area contributed by atoms with Crippen LogP contribution in [-0.2, 0) is 14.4 Å². The van der Waals surface area contributed by atoms with E-state index in [2.05, 4.69) is 10.6 Å². The van der Waals surface area contributed by atoms with Gasteiger partial charge in [-0.3, -0.25) is 19.2 Å². The number of thioether (sulfide) groups is 1. The summed E-state index contributed by atoms with van der Waals surface area (Å²) >= 11 is 1.38. The van der Waals surface area contributed by atoms with Crippen LogP contribution >= 0.6 is 11.8 Å². The molecular formula is C26H28N2O5S. The van der Waals surface area contributed by atoms with E-state index < -0.39 is 17.8 Å². The van der Waals surface area contributed by atoms with Crippen LogP contribution in [0.25, 0.3) is 0 Å². The third-order valence-corrected chi connectivity index (χ3v) is 7.05. The number of ketones is 1. The normalized spacial score (nSPS) is 18.1. The lowest BCUT2D eigenvalue weighted by atomic mass is 9.82. The topological polar surface area (TPSA) is 113 Å². The first-order valence-electron chi connectivity index (χ1n) is 11.2. The van der Waals surface area contributed by atoms with E-state index in [4.69, 9.17) is 0 Å². The number of carboxylic acids is 1. The van der Waals surface area contributed by atoms with E-state index >= 15 is 0 Å². The highest BCUT2D eigenvalue weighted by molar-refractivity contribution is 8.00. The Morgan fingerprint density at radius 2 is 1.65 bits per heavy atom. The predicted molar refractivity (Wildman–Crippen MR) is 133 cm³/mol. The van der Waals surface area contributed by atoms with E-state index in [1.807, 2.05) is 19.1 Å². The van der Waals surface area contributed by atoms with E-state index in [0.29, 0.717) is 36.2 Å². The minimum absolute atomic E-state index is 0.0368. The van der Waals surface area contributed by atoms with Gasteiger partial charge in [-0.25, -0.2) is 0 Å². The molecule has 178 valence electrons. The molecule has 0 spiro atoms. The third kappa shape index (κ3) is 6.57. The second-order valence-corrected chi connectivity index (χ2v) is 9.42. The molecule has 34 heavy (non-hydrogen) atoms. The van der Waals surface area contributed by atoms with Crippen LogP contribution in [-0.4, -0.2) is 33.9 Å². The fourth-order valence-corrected chi connectivity index (χ4v) is 4.77. The molecule has 0 aliphatic heterocycles. The summed E-state index contributed by atoms with van der Waals surface area (Å²) in [6, 6.07) is 13.9. The minimum atomic E-state index is -0.971. The standard InChI is InChI=1S/C26H28N2O5S/c1-3-23(25(31)27-18-13-11-17(12-14-18)16(2)29)34-20-8-6-7-19(15-20)28-24(30)21-9-4-5-10-22(21)26(32)33/h4-8,11-15,21-23H,3,9-10H2,1-2H3,(H,27,31)(H,28,30)(H,32,33). The Labute approximate surface area is 203 Å². The van der Waals surface area contributed by atoms with E-state index in [-0.39, 0.29) is 22.8 Å². The molecule has 2 amide bonds. The van der Waals surface area contributed by atoms with E-state index in [1.54, 1.807) is 48.5 Å². The first-order chi connectivity index (χ1) is 16.3. The molecule has 2 aromatic carbocycles. The van der Waals surface area contributed by atoms with Gasteiger partial charge >= 0.3 is 5.97 Å². The zero-order valence-electron chi connectivity index (χ0n) is 19.1. The average molecular weight is 481 g/mol. The summed E-state index contributed by atoms with van der Waals surface area (Å²) in [4.78, 5) is 49.3. The maximum Gasteiger partial charge on any atom is 0.307 e. The highest BCUT2D eigenvalue weighted by Crippen LogP contribution is 2.30. The molecule has 1 aliphatic carbocycles. The minimum Gasteiger partial charge on any atom is -0.481 e. The molecule has 7 nitrogen and oxygen atoms in total. The Morgan fingerprint density at radius 1 is 0.971 bits per heavy atom. The second kappa shape index (κ2) is 11.7. The first-order valence-corrected chi connectivity index (χ1v) is 12.0. The van der Waals surface area contributed by atoms with Crippen molar-refractivity contribution in [1.82, 2.24) is 0 Å². The average Bonchev–Trinajstić information content (AvgIpc) is 2.83. The van der Waals surface area contributed by atoms with Gasteiger partial charge in [0.2, 0.25) is 11.8 Å². The molecule has 0 heterocycles. The summed E-state index contributed by atoms with van der Waals surface area (Å²) in [6.07, 6.45) is 4.96. The number of allylic oxidation sites excluding steroid dienone is 2. The van der Waals surface area contributed by atoms with Gasteiger partial charge in [-0.15, -0.1) is 11.8 Å². The number of hydrogen-bond acceptors (Lipinski definition) is 5. The summed E-state index contributed by atoms with van der Waals surface area (Å²) in [5, 5.41) is 14.8. The SMILES string of the molecule is CCC(Sc1cccc(NC(=O)C2CC=CCC2C(=O)O)c1)C(=O)Nc1ccc(C(C)=O)cc1. The lowest BCUT2D eigenvalue weighted by Crippen LogP contribution is -2.34. The van der Waals surface area contributed by atoms with Gasteiger partial charge in [-0.05, 0) is 68.7 Å². The Kier molecular flexibility index (Phi) is 8.65. The molecule has 0 saturated heterocycles. The monoisotopic (exact) mass is 480 g/mol. The Hall–Kier alpha value is -3.39. The maximum atomic E-state index is 12.8. The highest BCUT2D eigenvalue weighted by atomic mass is 32.2. The number of anilines is 2. The number of amides is 2. The van der Waals surface area contributed by atoms with E-state index in [0.717, 1.165) is 4.90 Å². The van der Waals surface area contributed by atoms with Crippen molar-refractivity contribution in [2.45, 2.75) is 43.3 Å². The Balaban J connectivity index is 1.64. The smallest absolute Gasteiger partial charge is 0.307 e. The van der Waals surface area contributed by atoms with Gasteiger partial charge in [0.1, 0.15) is 0 Å². The number of hydrogen-bond donors (Lipinski definition) is 3. The predicted octanol–water partition coefficient (Wildman–Crippen LogP) is 5.00. The van der Waals surface area contributed by atoms with Gasteiger partial charge < -0.3 is 15.7 Å². The number of carboxylic acid groups (broad SMARTS) is 1. The van der Waals surface area contributed by atoms with Gasteiger partial charge in [0.15, 0.2) is 5.78 Å². The Bertz CT molecular complexity index is 1100. The van der Waals surface area contributed by atoms with Crippen molar-refractivity contribution in [2.75, 3.05) is 10.6 Å². The Morgan fingerprint density at radius 3 is 2.26 bits per heavy atom. The van der Waals surface area contributed by atoms with Crippen LogP contribution in [0.5, 0.6) is 0 Å². The maximum absolute atomic E-state index is 12.8. The van der Waals surface area contributed by atoms with Crippen LogP contribution in [0.1, 0.15) is 43.5 Å². The summed E-state index contributed by atoms with van der Waals surface area (Å²) < 4.78 is 0.